The molecular weight excluding hydrogens is 294 g/mol. The molecule has 0 atom stereocenters. The minimum atomic E-state index is -4.53. The molecule has 0 aliphatic rings. The SMILES string of the molecule is N#Cc1cc(C(F)(F)F)c(Cl)cc1CBr. The molecule has 1 rings (SSSR count). The van der Waals surface area contributed by atoms with Crippen molar-refractivity contribution in [1.82, 2.24) is 0 Å². The summed E-state index contributed by atoms with van der Waals surface area (Å²) in [5.74, 6) is 0. The molecule has 0 amide bonds. The fourth-order valence-electron chi connectivity index (χ4n) is 1.05. The highest BCUT2D eigenvalue weighted by Gasteiger charge is 2.33. The molecule has 0 radical (unpaired) electrons. The maximum absolute atomic E-state index is 12.4. The lowest BCUT2D eigenvalue weighted by molar-refractivity contribution is -0.137. The van der Waals surface area contributed by atoms with Gasteiger partial charge in [0.1, 0.15) is 0 Å². The fourth-order valence-corrected chi connectivity index (χ4v) is 1.80. The first kappa shape index (κ1) is 12.3. The molecule has 15 heavy (non-hydrogen) atoms. The monoisotopic (exact) mass is 297 g/mol. The molecule has 0 unspecified atom stereocenters. The van der Waals surface area contributed by atoms with E-state index in [1.807, 2.05) is 0 Å². The highest BCUT2D eigenvalue weighted by molar-refractivity contribution is 9.08. The third-order valence-corrected chi connectivity index (χ3v) is 2.68. The van der Waals surface area contributed by atoms with Crippen LogP contribution in [0.1, 0.15) is 16.7 Å². The van der Waals surface area contributed by atoms with E-state index in [1.165, 1.54) is 0 Å². The Balaban J connectivity index is 3.41. The van der Waals surface area contributed by atoms with E-state index in [0.29, 0.717) is 5.56 Å². The Morgan fingerprint density at radius 1 is 1.40 bits per heavy atom. The van der Waals surface area contributed by atoms with Gasteiger partial charge < -0.3 is 0 Å². The molecule has 0 saturated carbocycles. The lowest BCUT2D eigenvalue weighted by Gasteiger charge is -2.10. The van der Waals surface area contributed by atoms with Crippen molar-refractivity contribution in [3.8, 4) is 6.07 Å². The first-order valence-corrected chi connectivity index (χ1v) is 5.25. The first-order chi connectivity index (χ1) is 6.90. The molecule has 0 heterocycles. The normalized spacial score (nSPS) is 11.2. The van der Waals surface area contributed by atoms with Crippen molar-refractivity contribution < 1.29 is 13.2 Å². The Labute approximate surface area is 97.6 Å². The number of benzene rings is 1. The second-order valence-electron chi connectivity index (χ2n) is 2.73. The standard InChI is InChI=1S/C9H4BrClF3N/c10-3-5-2-8(11)7(9(12,13)14)1-6(5)4-15/h1-2H,3H2. The summed E-state index contributed by atoms with van der Waals surface area (Å²) in [5.41, 5.74) is -0.565. The molecule has 1 aromatic carbocycles. The van der Waals surface area contributed by atoms with Crippen LogP contribution in [0.25, 0.3) is 0 Å². The number of nitriles is 1. The molecule has 0 N–H and O–H groups in total. The minimum absolute atomic E-state index is 0.0244. The molecular formula is C9H4BrClF3N. The zero-order valence-corrected chi connectivity index (χ0v) is 9.54. The van der Waals surface area contributed by atoms with Gasteiger partial charge in [0.05, 0.1) is 22.2 Å². The molecule has 0 aliphatic heterocycles. The van der Waals surface area contributed by atoms with Gasteiger partial charge in [0, 0.05) is 5.33 Å². The molecule has 0 bridgehead atoms. The van der Waals surface area contributed by atoms with E-state index in [2.05, 4.69) is 15.9 Å². The summed E-state index contributed by atoms with van der Waals surface area (Å²) in [5, 5.41) is 8.54. The van der Waals surface area contributed by atoms with Gasteiger partial charge in [-0.2, -0.15) is 18.4 Å². The van der Waals surface area contributed by atoms with E-state index in [4.69, 9.17) is 16.9 Å². The molecule has 1 aromatic rings. The molecule has 1 nitrogen and oxygen atoms in total. The maximum Gasteiger partial charge on any atom is 0.417 e. The van der Waals surface area contributed by atoms with Crippen molar-refractivity contribution in [3.63, 3.8) is 0 Å². The average Bonchev–Trinajstić information content (AvgIpc) is 2.15. The Morgan fingerprint density at radius 3 is 2.40 bits per heavy atom. The van der Waals surface area contributed by atoms with Crippen LogP contribution in [-0.2, 0) is 11.5 Å². The summed E-state index contributed by atoms with van der Waals surface area (Å²) >= 11 is 8.54. The van der Waals surface area contributed by atoms with E-state index < -0.39 is 16.8 Å². The van der Waals surface area contributed by atoms with E-state index in [1.54, 1.807) is 6.07 Å². The van der Waals surface area contributed by atoms with Gasteiger partial charge in [-0.05, 0) is 17.7 Å². The van der Waals surface area contributed by atoms with Crippen LogP contribution in [0.15, 0.2) is 12.1 Å². The third-order valence-electron chi connectivity index (χ3n) is 1.76. The van der Waals surface area contributed by atoms with E-state index in [9.17, 15) is 13.2 Å². The zero-order chi connectivity index (χ0) is 11.6. The summed E-state index contributed by atoms with van der Waals surface area (Å²) in [4.78, 5) is 0. The Morgan fingerprint density at radius 2 is 2.00 bits per heavy atom. The molecule has 0 aliphatic carbocycles. The van der Waals surface area contributed by atoms with Crippen molar-refractivity contribution in [2.24, 2.45) is 0 Å². The van der Waals surface area contributed by atoms with Crippen molar-refractivity contribution in [1.29, 1.82) is 5.26 Å². The van der Waals surface area contributed by atoms with Crippen LogP contribution in [0.4, 0.5) is 13.2 Å². The molecule has 0 aromatic heterocycles. The van der Waals surface area contributed by atoms with Gasteiger partial charge in [-0.3, -0.25) is 0 Å². The van der Waals surface area contributed by atoms with Crippen LogP contribution in [-0.4, -0.2) is 0 Å². The second kappa shape index (κ2) is 4.42. The number of hydrogen-bond donors (Lipinski definition) is 0. The minimum Gasteiger partial charge on any atom is -0.192 e. The highest BCUT2D eigenvalue weighted by atomic mass is 79.9. The Bertz CT molecular complexity index is 423. The highest BCUT2D eigenvalue weighted by Crippen LogP contribution is 2.36. The predicted molar refractivity (Wildman–Crippen MR) is 53.8 cm³/mol. The Kier molecular flexibility index (Phi) is 3.63. The summed E-state index contributed by atoms with van der Waals surface area (Å²) in [6.07, 6.45) is -4.53. The van der Waals surface area contributed by atoms with Crippen LogP contribution >= 0.6 is 27.5 Å². The number of halogens is 5. The van der Waals surface area contributed by atoms with Gasteiger partial charge in [-0.15, -0.1) is 0 Å². The third kappa shape index (κ3) is 2.64. The van der Waals surface area contributed by atoms with Crippen molar-refractivity contribution in [3.05, 3.63) is 33.8 Å². The number of hydrogen-bond acceptors (Lipinski definition) is 1. The van der Waals surface area contributed by atoms with Crippen LogP contribution < -0.4 is 0 Å². The summed E-state index contributed by atoms with van der Waals surface area (Å²) < 4.78 is 37.2. The van der Waals surface area contributed by atoms with Crippen LogP contribution in [0, 0.1) is 11.3 Å². The van der Waals surface area contributed by atoms with Crippen molar-refractivity contribution in [2.75, 3.05) is 0 Å². The number of nitrogens with zero attached hydrogens (tertiary/aromatic N) is 1. The van der Waals surface area contributed by atoms with Gasteiger partial charge >= 0.3 is 6.18 Å². The van der Waals surface area contributed by atoms with Crippen LogP contribution in [0.2, 0.25) is 5.02 Å². The van der Waals surface area contributed by atoms with Gasteiger partial charge in [0.25, 0.3) is 0 Å². The predicted octanol–water partition coefficient (Wildman–Crippen LogP) is 4.13. The molecule has 0 fully saturated rings. The fraction of sp³-hybridized carbons (Fsp3) is 0.222. The van der Waals surface area contributed by atoms with Crippen LogP contribution in [0.5, 0.6) is 0 Å². The van der Waals surface area contributed by atoms with E-state index in [-0.39, 0.29) is 10.9 Å². The summed E-state index contributed by atoms with van der Waals surface area (Å²) in [6, 6.07) is 3.61. The largest absolute Gasteiger partial charge is 0.417 e. The zero-order valence-electron chi connectivity index (χ0n) is 7.20. The lowest BCUT2D eigenvalue weighted by Crippen LogP contribution is -2.07. The average molecular weight is 298 g/mol. The van der Waals surface area contributed by atoms with E-state index >= 15 is 0 Å². The number of rotatable bonds is 1. The quantitative estimate of drug-likeness (QED) is 0.715. The lowest BCUT2D eigenvalue weighted by atomic mass is 10.1. The second-order valence-corrected chi connectivity index (χ2v) is 3.70. The molecule has 80 valence electrons. The van der Waals surface area contributed by atoms with Gasteiger partial charge in [0.15, 0.2) is 0 Å². The van der Waals surface area contributed by atoms with E-state index in [0.717, 1.165) is 12.1 Å². The molecule has 0 spiro atoms. The van der Waals surface area contributed by atoms with Crippen molar-refractivity contribution in [2.45, 2.75) is 11.5 Å². The summed E-state index contributed by atoms with van der Waals surface area (Å²) in [7, 11) is 0. The number of alkyl halides is 4. The van der Waals surface area contributed by atoms with Gasteiger partial charge in [-0.1, -0.05) is 27.5 Å². The smallest absolute Gasteiger partial charge is 0.192 e. The van der Waals surface area contributed by atoms with Crippen molar-refractivity contribution >= 4 is 27.5 Å². The maximum atomic E-state index is 12.4. The summed E-state index contributed by atoms with van der Waals surface area (Å²) in [6.45, 7) is 0. The molecule has 0 saturated heterocycles. The van der Waals surface area contributed by atoms with Gasteiger partial charge in [0.2, 0.25) is 0 Å². The molecule has 6 heteroatoms. The first-order valence-electron chi connectivity index (χ1n) is 3.76. The van der Waals surface area contributed by atoms with Gasteiger partial charge in [-0.25, -0.2) is 0 Å². The topological polar surface area (TPSA) is 23.8 Å². The van der Waals surface area contributed by atoms with Crippen LogP contribution in [0.3, 0.4) is 0 Å². The Hall–Kier alpha value is -0.730.